The van der Waals surface area contributed by atoms with Crippen LogP contribution in [0.25, 0.3) is 0 Å². The van der Waals surface area contributed by atoms with Crippen molar-refractivity contribution in [2.24, 2.45) is 15.7 Å². The number of methoxy groups -OCH3 is 1. The first-order chi connectivity index (χ1) is 13.5. The van der Waals surface area contributed by atoms with Crippen molar-refractivity contribution < 1.29 is 20.3 Å². The highest BCUT2D eigenvalue weighted by Gasteiger charge is 2.25. The van der Waals surface area contributed by atoms with Crippen LogP contribution in [0, 0.1) is 5.41 Å². The van der Waals surface area contributed by atoms with E-state index in [4.69, 9.17) is 26.0 Å². The van der Waals surface area contributed by atoms with Gasteiger partial charge in [-0.05, 0) is 30.7 Å². The molecule has 2 aliphatic rings. The predicted octanol–water partition coefficient (Wildman–Crippen LogP) is 0.864. The molecule has 0 amide bonds. The number of aliphatic hydroxyl groups excluding tert-OH is 2. The summed E-state index contributed by atoms with van der Waals surface area (Å²) in [5.41, 5.74) is 8.94. The van der Waals surface area contributed by atoms with Crippen LogP contribution in [0.3, 0.4) is 0 Å². The van der Waals surface area contributed by atoms with Crippen LogP contribution in [0.5, 0.6) is 0 Å². The van der Waals surface area contributed by atoms with Crippen molar-refractivity contribution in [3.05, 3.63) is 46.9 Å². The summed E-state index contributed by atoms with van der Waals surface area (Å²) in [6, 6.07) is 5.63. The first-order valence-electron chi connectivity index (χ1n) is 9.00. The van der Waals surface area contributed by atoms with Gasteiger partial charge in [0.2, 0.25) is 17.6 Å². The zero-order valence-electron chi connectivity index (χ0n) is 15.7. The van der Waals surface area contributed by atoms with Gasteiger partial charge >= 0.3 is 0 Å². The molecule has 0 atom stereocenters. The highest BCUT2D eigenvalue weighted by atomic mass is 16.5. The van der Waals surface area contributed by atoms with Gasteiger partial charge < -0.3 is 26.0 Å². The summed E-state index contributed by atoms with van der Waals surface area (Å²) in [6.45, 7) is 0.477. The largest absolute Gasteiger partial charge is 0.508 e. The molecule has 1 aliphatic heterocycles. The molecule has 3 rings (SSSR count). The number of benzene rings is 1. The number of aliphatic imine (C=N–C) groups is 2. The maximum atomic E-state index is 9.86. The summed E-state index contributed by atoms with van der Waals surface area (Å²) in [5, 5.41) is 31.3. The van der Waals surface area contributed by atoms with Crippen molar-refractivity contribution in [2.75, 3.05) is 25.6 Å². The fraction of sp³-hybridized carbons (Fsp3) is 0.316. The van der Waals surface area contributed by atoms with Crippen LogP contribution in [0.4, 0.5) is 11.4 Å². The molecule has 0 radical (unpaired) electrons. The maximum absolute atomic E-state index is 9.86. The van der Waals surface area contributed by atoms with Gasteiger partial charge in [0, 0.05) is 18.7 Å². The van der Waals surface area contributed by atoms with E-state index in [1.165, 1.54) is 7.11 Å². The molecule has 0 unspecified atom stereocenters. The molecule has 0 saturated carbocycles. The molecule has 0 spiro atoms. The summed E-state index contributed by atoms with van der Waals surface area (Å²) in [7, 11) is 1.53. The summed E-state index contributed by atoms with van der Waals surface area (Å²) >= 11 is 0. The molecule has 1 aliphatic carbocycles. The van der Waals surface area contributed by atoms with Crippen molar-refractivity contribution in [3.8, 4) is 0 Å². The van der Waals surface area contributed by atoms with Crippen LogP contribution < -0.4 is 16.4 Å². The van der Waals surface area contributed by atoms with E-state index in [1.807, 2.05) is 29.6 Å². The van der Waals surface area contributed by atoms with E-state index >= 15 is 0 Å². The monoisotopic (exact) mass is 385 g/mol. The number of nitrogens with one attached hydrogen (secondary N) is 2. The third-order valence-electron chi connectivity index (χ3n) is 4.45. The highest BCUT2D eigenvalue weighted by molar-refractivity contribution is 6.08. The number of aliphatic hydroxyl groups is 2. The zero-order chi connectivity index (χ0) is 20.1. The van der Waals surface area contributed by atoms with Gasteiger partial charge in [0.25, 0.3) is 0 Å². The van der Waals surface area contributed by atoms with Crippen LogP contribution in [0.2, 0.25) is 0 Å². The number of rotatable bonds is 6. The Balaban J connectivity index is 1.92. The maximum Gasteiger partial charge on any atom is 0.243 e. The standard InChI is InChI=1S/C19H24N6O3/c1-28-16-8-11(2-5-15(16)27)9-17-23-14-10-12(22-6-7-26)3-4-13(14)18(24-17)25-19(20)21/h3-4,8,10,22,26-27H,2,5-7,9H2,1H3,(H4,20,21,23,24,25)/p+1. The topological polar surface area (TPSA) is 153 Å². The minimum absolute atomic E-state index is 0.0345. The Morgan fingerprint density at radius 2 is 2.25 bits per heavy atom. The van der Waals surface area contributed by atoms with Crippen LogP contribution in [0.1, 0.15) is 24.8 Å². The number of fused-ring (bicyclic) bond motifs is 1. The number of nitrogens with two attached hydrogens (primary N) is 2. The van der Waals surface area contributed by atoms with Gasteiger partial charge in [0.05, 0.1) is 31.4 Å². The minimum Gasteiger partial charge on any atom is -0.508 e. The molecular weight excluding hydrogens is 360 g/mol. The Morgan fingerprint density at radius 1 is 1.43 bits per heavy atom. The fourth-order valence-corrected chi connectivity index (χ4v) is 3.18. The molecule has 9 nitrogen and oxygen atoms in total. The van der Waals surface area contributed by atoms with Crippen molar-refractivity contribution in [3.63, 3.8) is 0 Å². The molecular formula is C19H25N6O3+. The van der Waals surface area contributed by atoms with Crippen molar-refractivity contribution in [1.82, 2.24) is 0 Å². The highest BCUT2D eigenvalue weighted by Crippen LogP contribution is 2.28. The number of hydrogen-bond acceptors (Lipinski definition) is 6. The van der Waals surface area contributed by atoms with Crippen molar-refractivity contribution >= 4 is 29.0 Å². The van der Waals surface area contributed by atoms with E-state index in [0.717, 1.165) is 34.8 Å². The Hall–Kier alpha value is -3.17. The molecule has 28 heavy (non-hydrogen) atoms. The zero-order valence-corrected chi connectivity index (χ0v) is 15.7. The van der Waals surface area contributed by atoms with Gasteiger partial charge in [-0.1, -0.05) is 5.57 Å². The van der Waals surface area contributed by atoms with Gasteiger partial charge in [-0.3, -0.25) is 10.7 Å². The number of ether oxygens (including phenoxy) is 1. The number of hydrogen-bond donors (Lipinski definition) is 6. The smallest absolute Gasteiger partial charge is 0.243 e. The summed E-state index contributed by atoms with van der Waals surface area (Å²) in [4.78, 5) is 8.89. The second kappa shape index (κ2) is 8.68. The minimum atomic E-state index is -0.271. The van der Waals surface area contributed by atoms with Crippen LogP contribution >= 0.6 is 0 Å². The molecule has 0 bridgehead atoms. The molecule has 1 heterocycles. The number of amidine groups is 2. The van der Waals surface area contributed by atoms with E-state index in [0.29, 0.717) is 31.0 Å². The average molecular weight is 385 g/mol. The Labute approximate surface area is 162 Å². The lowest BCUT2D eigenvalue weighted by atomic mass is 9.98. The molecule has 0 fully saturated rings. The summed E-state index contributed by atoms with van der Waals surface area (Å²) < 4.78 is 5.21. The number of quaternary nitrogens is 1. The summed E-state index contributed by atoms with van der Waals surface area (Å²) in [6.07, 6.45) is 3.66. The first-order valence-corrected chi connectivity index (χ1v) is 9.00. The van der Waals surface area contributed by atoms with E-state index in [2.05, 4.69) is 10.3 Å². The van der Waals surface area contributed by atoms with Gasteiger partial charge in [-0.15, -0.1) is 0 Å². The second-order valence-corrected chi connectivity index (χ2v) is 6.51. The molecule has 8 N–H and O–H groups in total. The molecule has 1 aromatic carbocycles. The lowest BCUT2D eigenvalue weighted by molar-refractivity contribution is -0.409. The molecule has 148 valence electrons. The van der Waals surface area contributed by atoms with Crippen LogP contribution in [0.15, 0.2) is 51.4 Å². The Kier molecular flexibility index (Phi) is 6.07. The van der Waals surface area contributed by atoms with E-state index in [9.17, 15) is 5.11 Å². The van der Waals surface area contributed by atoms with Crippen molar-refractivity contribution in [1.29, 1.82) is 5.41 Å². The first kappa shape index (κ1) is 19.6. The average Bonchev–Trinajstić information content (AvgIpc) is 2.67. The lowest BCUT2D eigenvalue weighted by Crippen LogP contribution is -2.92. The second-order valence-electron chi connectivity index (χ2n) is 6.51. The predicted molar refractivity (Wildman–Crippen MR) is 108 cm³/mol. The van der Waals surface area contributed by atoms with E-state index in [1.54, 1.807) is 0 Å². The lowest BCUT2D eigenvalue weighted by Gasteiger charge is -2.19. The number of allylic oxidation sites excluding steroid dienone is 2. The third kappa shape index (κ3) is 4.56. The van der Waals surface area contributed by atoms with Gasteiger partial charge in [0.15, 0.2) is 5.76 Å². The Bertz CT molecular complexity index is 901. The molecule has 1 aromatic rings. The SMILES string of the molecule is COC1=C(O)CCC(CC2=Nc3cc(NCCO)ccc3C(=NC(=N)N)[NH2+]2)=C1. The van der Waals surface area contributed by atoms with Gasteiger partial charge in [0.1, 0.15) is 5.76 Å². The van der Waals surface area contributed by atoms with E-state index < -0.39 is 0 Å². The summed E-state index contributed by atoms with van der Waals surface area (Å²) in [5.74, 6) is 1.83. The van der Waals surface area contributed by atoms with Crippen molar-refractivity contribution in [2.45, 2.75) is 19.3 Å². The Morgan fingerprint density at radius 3 is 2.96 bits per heavy atom. The molecule has 0 saturated heterocycles. The van der Waals surface area contributed by atoms with Gasteiger partial charge in [-0.2, -0.15) is 9.98 Å². The number of guanidine groups is 1. The third-order valence-corrected chi connectivity index (χ3v) is 4.45. The number of anilines is 1. The molecule has 0 aromatic heterocycles. The van der Waals surface area contributed by atoms with Gasteiger partial charge in [-0.25, -0.2) is 0 Å². The van der Waals surface area contributed by atoms with E-state index in [-0.39, 0.29) is 18.3 Å². The van der Waals surface area contributed by atoms with Crippen LogP contribution in [-0.4, -0.2) is 48.1 Å². The molecule has 9 heteroatoms. The number of nitrogens with zero attached hydrogens (tertiary/aromatic N) is 2. The fourth-order valence-electron chi connectivity index (χ4n) is 3.18. The quantitative estimate of drug-likeness (QED) is 0.317. The van der Waals surface area contributed by atoms with Crippen LogP contribution in [-0.2, 0) is 4.74 Å². The normalized spacial score (nSPS) is 17.7.